The molecule has 0 bridgehead atoms. The smallest absolute Gasteiger partial charge is 0.141 e. The molecule has 47 heavy (non-hydrogen) atoms. The monoisotopic (exact) mass is 638 g/mol. The molecule has 1 aliphatic rings. The number of hydrogen-bond acceptors (Lipinski definition) is 6. The number of aromatic nitrogens is 1. The molecule has 1 fully saturated rings. The lowest BCUT2D eigenvalue weighted by atomic mass is 9.98. The Bertz CT molecular complexity index is 1620. The fraction of sp³-hybridized carbons (Fsp3) is 0.308. The quantitative estimate of drug-likeness (QED) is 0.131. The van der Waals surface area contributed by atoms with Gasteiger partial charge in [0.1, 0.15) is 23.5 Å². The van der Waals surface area contributed by atoms with Crippen LogP contribution >= 0.6 is 0 Å². The van der Waals surface area contributed by atoms with Crippen molar-refractivity contribution in [1.82, 2.24) is 10.1 Å². The summed E-state index contributed by atoms with van der Waals surface area (Å²) < 4.78 is 55.8. The average Bonchev–Trinajstić information content (AvgIpc) is 3.43. The molecule has 0 saturated carbocycles. The van der Waals surface area contributed by atoms with E-state index in [1.165, 1.54) is 12.1 Å². The van der Waals surface area contributed by atoms with Gasteiger partial charge in [-0.25, -0.2) is 8.78 Å². The highest BCUT2D eigenvalue weighted by molar-refractivity contribution is 5.68. The summed E-state index contributed by atoms with van der Waals surface area (Å²) in [4.78, 5) is 2.16. The van der Waals surface area contributed by atoms with Crippen molar-refractivity contribution in [2.24, 2.45) is 0 Å². The largest absolute Gasteiger partial charge is 0.369 e. The molecule has 8 heteroatoms. The fourth-order valence-electron chi connectivity index (χ4n) is 6.20. The van der Waals surface area contributed by atoms with E-state index in [-0.39, 0.29) is 30.3 Å². The predicted octanol–water partition coefficient (Wildman–Crippen LogP) is 7.85. The molecule has 1 aromatic heterocycles. The predicted molar refractivity (Wildman–Crippen MR) is 177 cm³/mol. The summed E-state index contributed by atoms with van der Waals surface area (Å²) in [7, 11) is 0. The molecule has 0 amide bonds. The maximum atomic E-state index is 15.4. The molecule has 0 N–H and O–H groups in total. The van der Waals surface area contributed by atoms with Crippen molar-refractivity contribution in [1.29, 1.82) is 0 Å². The molecule has 2 unspecified atom stereocenters. The number of halogens is 2. The molecule has 0 aliphatic carbocycles. The molecule has 0 spiro atoms. The van der Waals surface area contributed by atoms with Gasteiger partial charge in [-0.3, -0.25) is 4.90 Å². The Morgan fingerprint density at radius 1 is 0.702 bits per heavy atom. The lowest BCUT2D eigenvalue weighted by Crippen LogP contribution is -2.58. The summed E-state index contributed by atoms with van der Waals surface area (Å²) in [6.45, 7) is 6.19. The Morgan fingerprint density at radius 2 is 1.17 bits per heavy atom. The zero-order valence-electron chi connectivity index (χ0n) is 26.8. The highest BCUT2D eigenvalue weighted by Crippen LogP contribution is 2.31. The van der Waals surface area contributed by atoms with Crippen LogP contribution in [0.15, 0.2) is 108 Å². The molecule has 1 saturated heterocycles. The van der Waals surface area contributed by atoms with Gasteiger partial charge in [-0.15, -0.1) is 0 Å². The molecular weight excluding hydrogens is 598 g/mol. The number of piperidine rings is 1. The van der Waals surface area contributed by atoms with E-state index in [0.717, 1.165) is 16.7 Å². The summed E-state index contributed by atoms with van der Waals surface area (Å²) in [6, 6.07) is 32.8. The minimum Gasteiger partial charge on any atom is -0.369 e. The van der Waals surface area contributed by atoms with Gasteiger partial charge in [0, 0.05) is 30.8 Å². The van der Waals surface area contributed by atoms with E-state index >= 15 is 8.78 Å². The van der Waals surface area contributed by atoms with E-state index in [4.69, 9.17) is 18.7 Å². The van der Waals surface area contributed by atoms with E-state index in [1.807, 2.05) is 91.0 Å². The van der Waals surface area contributed by atoms with Gasteiger partial charge in [0.2, 0.25) is 0 Å². The van der Waals surface area contributed by atoms with E-state index in [0.29, 0.717) is 62.0 Å². The number of likely N-dealkylation sites (tertiary alicyclic amines) is 1. The maximum Gasteiger partial charge on any atom is 0.141 e. The van der Waals surface area contributed by atoms with Crippen LogP contribution in [0, 0.1) is 25.5 Å². The number of ether oxygens (including phenoxy) is 3. The SMILES string of the molecule is Cc1noc(C)c1-c1cc(F)c(CCN2CC(OCc3ccccc3)C(OCc3ccccc3)C(OCc3ccccc3)C2)c(F)c1. The van der Waals surface area contributed by atoms with Gasteiger partial charge in [-0.1, -0.05) is 96.2 Å². The summed E-state index contributed by atoms with van der Waals surface area (Å²) in [5.41, 5.74) is 4.83. The maximum absolute atomic E-state index is 15.4. The second kappa shape index (κ2) is 15.6. The van der Waals surface area contributed by atoms with Crippen molar-refractivity contribution >= 4 is 0 Å². The standard InChI is InChI=1S/C39H40F2N2O4/c1-27-38(28(2)47-42-27)32-20-34(40)33(35(41)21-32)18-19-43-22-36(44-24-29-12-6-3-7-13-29)39(46-26-31-16-10-5-11-17-31)37(23-43)45-25-30-14-8-4-9-15-30/h3-17,20-21,36-37,39H,18-19,22-26H2,1-2H3. The average molecular weight is 639 g/mol. The zero-order valence-corrected chi connectivity index (χ0v) is 26.8. The summed E-state index contributed by atoms with van der Waals surface area (Å²) >= 11 is 0. The van der Waals surface area contributed by atoms with Crippen LogP contribution in [-0.4, -0.2) is 48.0 Å². The molecule has 1 aliphatic heterocycles. The molecule has 0 radical (unpaired) electrons. The van der Waals surface area contributed by atoms with Gasteiger partial charge < -0.3 is 18.7 Å². The first kappa shape index (κ1) is 32.7. The summed E-state index contributed by atoms with van der Waals surface area (Å²) in [5.74, 6) is -0.654. The molecule has 6 nitrogen and oxygen atoms in total. The Labute approximate surface area is 274 Å². The van der Waals surface area contributed by atoms with Crippen LogP contribution in [0.2, 0.25) is 0 Å². The molecule has 6 rings (SSSR count). The molecule has 244 valence electrons. The van der Waals surface area contributed by atoms with Crippen LogP contribution < -0.4 is 0 Å². The third-order valence-corrected chi connectivity index (χ3v) is 8.65. The summed E-state index contributed by atoms with van der Waals surface area (Å²) in [6.07, 6.45) is -0.858. The Morgan fingerprint density at radius 3 is 1.62 bits per heavy atom. The third kappa shape index (κ3) is 8.39. The minimum atomic E-state index is -0.588. The normalized spacial score (nSPS) is 18.4. The van der Waals surface area contributed by atoms with Gasteiger partial charge in [-0.05, 0) is 54.7 Å². The molecule has 2 heterocycles. The lowest BCUT2D eigenvalue weighted by molar-refractivity contribution is -0.184. The second-order valence-corrected chi connectivity index (χ2v) is 12.1. The van der Waals surface area contributed by atoms with Crippen LogP contribution in [0.3, 0.4) is 0 Å². The Balaban J connectivity index is 1.22. The van der Waals surface area contributed by atoms with Crippen molar-refractivity contribution in [3.63, 3.8) is 0 Å². The van der Waals surface area contributed by atoms with Crippen molar-refractivity contribution in [3.05, 3.63) is 148 Å². The van der Waals surface area contributed by atoms with Crippen molar-refractivity contribution < 1.29 is 27.5 Å². The highest BCUT2D eigenvalue weighted by Gasteiger charge is 2.39. The van der Waals surface area contributed by atoms with Gasteiger partial charge in [0.15, 0.2) is 0 Å². The second-order valence-electron chi connectivity index (χ2n) is 12.1. The van der Waals surface area contributed by atoms with Crippen molar-refractivity contribution in [2.45, 2.75) is 58.4 Å². The fourth-order valence-corrected chi connectivity index (χ4v) is 6.20. The first-order valence-corrected chi connectivity index (χ1v) is 16.0. The molecule has 4 aromatic carbocycles. The molecular formula is C39H40F2N2O4. The van der Waals surface area contributed by atoms with Crippen LogP contribution in [0.25, 0.3) is 11.1 Å². The van der Waals surface area contributed by atoms with Crippen LogP contribution in [0.1, 0.15) is 33.7 Å². The van der Waals surface area contributed by atoms with Gasteiger partial charge in [0.05, 0.1) is 37.7 Å². The first-order chi connectivity index (χ1) is 22.9. The molecule has 5 aromatic rings. The zero-order chi connectivity index (χ0) is 32.6. The van der Waals surface area contributed by atoms with Gasteiger partial charge in [-0.2, -0.15) is 0 Å². The lowest BCUT2D eigenvalue weighted by Gasteiger charge is -2.43. The number of rotatable bonds is 13. The topological polar surface area (TPSA) is 57.0 Å². The Hall–Kier alpha value is -4.21. The number of hydrogen-bond donors (Lipinski definition) is 0. The van der Waals surface area contributed by atoms with Crippen LogP contribution in [0.4, 0.5) is 8.78 Å². The van der Waals surface area contributed by atoms with Crippen LogP contribution in [-0.2, 0) is 40.5 Å². The first-order valence-electron chi connectivity index (χ1n) is 16.0. The third-order valence-electron chi connectivity index (χ3n) is 8.65. The number of nitrogens with zero attached hydrogens (tertiary/aromatic N) is 2. The Kier molecular flexibility index (Phi) is 10.9. The van der Waals surface area contributed by atoms with Crippen LogP contribution in [0.5, 0.6) is 0 Å². The van der Waals surface area contributed by atoms with E-state index in [9.17, 15) is 0 Å². The molecule has 2 atom stereocenters. The van der Waals surface area contributed by atoms with E-state index in [2.05, 4.69) is 10.1 Å². The highest BCUT2D eigenvalue weighted by atomic mass is 19.1. The van der Waals surface area contributed by atoms with Crippen molar-refractivity contribution in [2.75, 3.05) is 19.6 Å². The van der Waals surface area contributed by atoms with Crippen molar-refractivity contribution in [3.8, 4) is 11.1 Å². The van der Waals surface area contributed by atoms with Gasteiger partial charge in [0.25, 0.3) is 0 Å². The number of benzene rings is 4. The van der Waals surface area contributed by atoms with E-state index in [1.54, 1.807) is 13.8 Å². The minimum absolute atomic E-state index is 0.0477. The van der Waals surface area contributed by atoms with Gasteiger partial charge >= 0.3 is 0 Å². The van der Waals surface area contributed by atoms with E-state index < -0.39 is 11.6 Å². The number of aryl methyl sites for hydroxylation is 2. The summed E-state index contributed by atoms with van der Waals surface area (Å²) in [5, 5.41) is 3.93.